The van der Waals surface area contributed by atoms with Crippen LogP contribution >= 0.6 is 11.6 Å². The molecule has 10 heteroatoms. The number of carbonyl (C=O) groups is 2. The highest BCUT2D eigenvalue weighted by molar-refractivity contribution is 6.31. The fourth-order valence-corrected chi connectivity index (χ4v) is 4.08. The van der Waals surface area contributed by atoms with E-state index in [1.54, 1.807) is 62.6 Å². The number of aryl methyl sites for hydroxylation is 1. The van der Waals surface area contributed by atoms with Gasteiger partial charge in [0.25, 0.3) is 0 Å². The molecule has 0 radical (unpaired) electrons. The van der Waals surface area contributed by atoms with Gasteiger partial charge in [0.2, 0.25) is 0 Å². The van der Waals surface area contributed by atoms with Crippen LogP contribution in [0.2, 0.25) is 5.02 Å². The highest BCUT2D eigenvalue weighted by Gasteiger charge is 2.40. The fraction of sp³-hybridized carbons (Fsp3) is 0.148. The largest absolute Gasteiger partial charge is 0.477 e. The van der Waals surface area contributed by atoms with Crippen molar-refractivity contribution >= 4 is 29.5 Å². The molecule has 1 atom stereocenters. The minimum absolute atomic E-state index is 0.421. The Balaban J connectivity index is 1.50. The maximum absolute atomic E-state index is 13.7. The number of aliphatic carboxylic acids is 1. The summed E-state index contributed by atoms with van der Waals surface area (Å²) in [6.45, 7) is 1.72. The molecule has 0 bridgehead atoms. The topological polar surface area (TPSA) is 93.4 Å². The first-order valence-electron chi connectivity index (χ1n) is 11.1. The predicted molar refractivity (Wildman–Crippen MR) is 136 cm³/mol. The Morgan fingerprint density at radius 2 is 1.57 bits per heavy atom. The van der Waals surface area contributed by atoms with E-state index in [1.807, 2.05) is 6.07 Å². The van der Waals surface area contributed by atoms with Gasteiger partial charge < -0.3 is 9.84 Å². The standard InChI is InChI=1S/C27H22ClF2N3O4/c1-16(21-5-3-4-6-23(21)28)37-26(36)32-24-22(15-31-33(24)2)19-9-7-17(8-10-19)18-11-13-20(14-12-18)27(29,30)25(34)35/h3-16H,1-2H3,(H,32,36)(H,34,35). The number of carboxylic acids is 1. The number of nitrogens with zero attached hydrogens (tertiary/aromatic N) is 2. The van der Waals surface area contributed by atoms with Gasteiger partial charge in [0.05, 0.1) is 6.20 Å². The average molecular weight is 526 g/mol. The zero-order valence-electron chi connectivity index (χ0n) is 19.8. The summed E-state index contributed by atoms with van der Waals surface area (Å²) in [4.78, 5) is 23.4. The van der Waals surface area contributed by atoms with E-state index in [1.165, 1.54) is 16.8 Å². The van der Waals surface area contributed by atoms with Gasteiger partial charge in [-0.3, -0.25) is 10.00 Å². The Morgan fingerprint density at radius 3 is 2.16 bits per heavy atom. The summed E-state index contributed by atoms with van der Waals surface area (Å²) in [5, 5.41) is 16.2. The highest BCUT2D eigenvalue weighted by atomic mass is 35.5. The molecule has 0 saturated heterocycles. The van der Waals surface area contributed by atoms with Crippen LogP contribution in [0.15, 0.2) is 79.0 Å². The number of carboxylic acid groups (broad SMARTS) is 1. The van der Waals surface area contributed by atoms with Gasteiger partial charge in [-0.05, 0) is 29.7 Å². The van der Waals surface area contributed by atoms with Crippen LogP contribution in [-0.4, -0.2) is 26.9 Å². The van der Waals surface area contributed by atoms with Gasteiger partial charge in [-0.2, -0.15) is 13.9 Å². The molecule has 4 aromatic rings. The summed E-state index contributed by atoms with van der Waals surface area (Å²) < 4.78 is 34.4. The summed E-state index contributed by atoms with van der Waals surface area (Å²) >= 11 is 6.19. The van der Waals surface area contributed by atoms with E-state index >= 15 is 0 Å². The van der Waals surface area contributed by atoms with E-state index < -0.39 is 29.7 Å². The fourth-order valence-electron chi connectivity index (χ4n) is 3.79. The Hall–Kier alpha value is -4.24. The molecule has 0 spiro atoms. The van der Waals surface area contributed by atoms with Crippen LogP contribution in [0.5, 0.6) is 0 Å². The monoisotopic (exact) mass is 525 g/mol. The number of anilines is 1. The highest BCUT2D eigenvalue weighted by Crippen LogP contribution is 2.33. The lowest BCUT2D eigenvalue weighted by molar-refractivity contribution is -0.166. The minimum atomic E-state index is -3.96. The number of carbonyl (C=O) groups excluding carboxylic acids is 1. The first-order valence-corrected chi connectivity index (χ1v) is 11.5. The van der Waals surface area contributed by atoms with Crippen LogP contribution in [0, 0.1) is 0 Å². The smallest absolute Gasteiger partial charge is 0.413 e. The van der Waals surface area contributed by atoms with Crippen LogP contribution in [0.3, 0.4) is 0 Å². The van der Waals surface area contributed by atoms with Gasteiger partial charge >= 0.3 is 18.0 Å². The molecule has 0 aliphatic carbocycles. The molecule has 2 N–H and O–H groups in total. The van der Waals surface area contributed by atoms with E-state index in [2.05, 4.69) is 10.4 Å². The van der Waals surface area contributed by atoms with E-state index in [9.17, 15) is 18.4 Å². The van der Waals surface area contributed by atoms with E-state index in [0.29, 0.717) is 27.5 Å². The lowest BCUT2D eigenvalue weighted by Gasteiger charge is -2.16. The van der Waals surface area contributed by atoms with E-state index in [4.69, 9.17) is 21.4 Å². The van der Waals surface area contributed by atoms with Crippen molar-refractivity contribution in [3.63, 3.8) is 0 Å². The van der Waals surface area contributed by atoms with Gasteiger partial charge in [-0.25, -0.2) is 9.59 Å². The van der Waals surface area contributed by atoms with Crippen LogP contribution in [0.25, 0.3) is 22.3 Å². The van der Waals surface area contributed by atoms with Crippen molar-refractivity contribution in [3.05, 3.63) is 95.1 Å². The molecule has 7 nitrogen and oxygen atoms in total. The van der Waals surface area contributed by atoms with Crippen LogP contribution in [0.4, 0.5) is 19.4 Å². The quantitative estimate of drug-likeness (QED) is 0.274. The third-order valence-electron chi connectivity index (χ3n) is 5.83. The van der Waals surface area contributed by atoms with Gasteiger partial charge in [-0.15, -0.1) is 0 Å². The van der Waals surface area contributed by atoms with Crippen molar-refractivity contribution in [3.8, 4) is 22.3 Å². The van der Waals surface area contributed by atoms with Crippen molar-refractivity contribution in [1.82, 2.24) is 9.78 Å². The average Bonchev–Trinajstić information content (AvgIpc) is 3.24. The van der Waals surface area contributed by atoms with Gasteiger partial charge in [0.1, 0.15) is 11.9 Å². The summed E-state index contributed by atoms with van der Waals surface area (Å²) in [5.74, 6) is -5.74. The summed E-state index contributed by atoms with van der Waals surface area (Å²) in [7, 11) is 1.68. The second-order valence-corrected chi connectivity index (χ2v) is 8.67. The first kappa shape index (κ1) is 25.8. The Morgan fingerprint density at radius 1 is 1.00 bits per heavy atom. The molecule has 37 heavy (non-hydrogen) atoms. The third kappa shape index (κ3) is 5.46. The molecule has 1 unspecified atom stereocenters. The number of amides is 1. The van der Waals surface area contributed by atoms with Crippen molar-refractivity contribution in [2.45, 2.75) is 19.0 Å². The van der Waals surface area contributed by atoms with Crippen molar-refractivity contribution in [2.24, 2.45) is 7.05 Å². The molecule has 0 aliphatic heterocycles. The molecule has 1 amide bonds. The maximum Gasteiger partial charge on any atom is 0.413 e. The molecular formula is C27H22ClF2N3O4. The Kier molecular flexibility index (Phi) is 7.26. The van der Waals surface area contributed by atoms with Crippen molar-refractivity contribution < 1.29 is 28.2 Å². The molecule has 1 aromatic heterocycles. The lowest BCUT2D eigenvalue weighted by atomic mass is 9.99. The number of benzene rings is 3. The van der Waals surface area contributed by atoms with E-state index in [0.717, 1.165) is 23.3 Å². The van der Waals surface area contributed by atoms with Gasteiger partial charge in [0, 0.05) is 28.8 Å². The Labute approximate surface area is 216 Å². The molecular weight excluding hydrogens is 504 g/mol. The molecule has 3 aromatic carbocycles. The number of hydrogen-bond donors (Lipinski definition) is 2. The molecule has 190 valence electrons. The van der Waals surface area contributed by atoms with Crippen LogP contribution < -0.4 is 5.32 Å². The zero-order chi connectivity index (χ0) is 26.7. The number of ether oxygens (including phenoxy) is 1. The SMILES string of the molecule is CC(OC(=O)Nc1c(-c2ccc(-c3ccc(C(F)(F)C(=O)O)cc3)cc2)cnn1C)c1ccccc1Cl. The second-order valence-electron chi connectivity index (χ2n) is 8.26. The second kappa shape index (κ2) is 10.4. The maximum atomic E-state index is 13.7. The molecule has 0 aliphatic rings. The van der Waals surface area contributed by atoms with Crippen LogP contribution in [-0.2, 0) is 22.5 Å². The number of alkyl halides is 2. The van der Waals surface area contributed by atoms with Gasteiger partial charge in [-0.1, -0.05) is 78.3 Å². The Bertz CT molecular complexity index is 1440. The number of halogens is 3. The molecule has 1 heterocycles. The number of hydrogen-bond acceptors (Lipinski definition) is 4. The van der Waals surface area contributed by atoms with Crippen molar-refractivity contribution in [1.29, 1.82) is 0 Å². The third-order valence-corrected chi connectivity index (χ3v) is 6.18. The first-order chi connectivity index (χ1) is 17.6. The molecule has 4 rings (SSSR count). The van der Waals surface area contributed by atoms with E-state index in [-0.39, 0.29) is 0 Å². The predicted octanol–water partition coefficient (Wildman–Crippen LogP) is 6.89. The number of rotatable bonds is 7. The molecule has 0 fully saturated rings. The number of aromatic nitrogens is 2. The van der Waals surface area contributed by atoms with Gasteiger partial charge in [0.15, 0.2) is 0 Å². The molecule has 0 saturated carbocycles. The summed E-state index contributed by atoms with van der Waals surface area (Å²) in [5.41, 5.74) is 2.86. The summed E-state index contributed by atoms with van der Waals surface area (Å²) in [6, 6.07) is 19.3. The number of nitrogens with one attached hydrogen (secondary N) is 1. The zero-order valence-corrected chi connectivity index (χ0v) is 20.5. The van der Waals surface area contributed by atoms with Crippen molar-refractivity contribution in [2.75, 3.05) is 5.32 Å². The normalized spacial score (nSPS) is 12.1. The minimum Gasteiger partial charge on any atom is -0.477 e. The summed E-state index contributed by atoms with van der Waals surface area (Å²) in [6.07, 6.45) is 0.351. The van der Waals surface area contributed by atoms with Crippen LogP contribution in [0.1, 0.15) is 24.2 Å². The lowest BCUT2D eigenvalue weighted by Crippen LogP contribution is -2.25.